The third-order valence-corrected chi connectivity index (χ3v) is 2.09. The van der Waals surface area contributed by atoms with Gasteiger partial charge in [0.25, 0.3) is 0 Å². The standard InChI is InChI=1S/C11H19NO/c1-5-9(3)10(6-2)7-8-11(12)13-4/h6-9H,2,5,12H2,1,3-4H3/b10-7+,11-8+/t9-/m1/s1. The lowest BCUT2D eigenvalue weighted by Crippen LogP contribution is -1.99. The third-order valence-electron chi connectivity index (χ3n) is 2.09. The molecule has 0 saturated carbocycles. The SMILES string of the molecule is C=C/C(=C\C=C(/N)OC)[C@H](C)CC. The van der Waals surface area contributed by atoms with E-state index < -0.39 is 0 Å². The molecular formula is C11H19NO. The second kappa shape index (κ2) is 6.35. The van der Waals surface area contributed by atoms with Crippen LogP contribution in [0.15, 0.2) is 36.3 Å². The minimum absolute atomic E-state index is 0.419. The van der Waals surface area contributed by atoms with Gasteiger partial charge in [-0.15, -0.1) is 0 Å². The lowest BCUT2D eigenvalue weighted by atomic mass is 9.98. The van der Waals surface area contributed by atoms with E-state index in [1.54, 1.807) is 13.2 Å². The molecule has 0 aliphatic rings. The Morgan fingerprint density at radius 3 is 2.54 bits per heavy atom. The quantitative estimate of drug-likeness (QED) is 0.522. The van der Waals surface area contributed by atoms with Gasteiger partial charge >= 0.3 is 0 Å². The fourth-order valence-corrected chi connectivity index (χ4v) is 0.916. The first-order valence-electron chi connectivity index (χ1n) is 4.49. The fourth-order valence-electron chi connectivity index (χ4n) is 0.916. The van der Waals surface area contributed by atoms with Gasteiger partial charge in [0.1, 0.15) is 0 Å². The molecule has 1 atom stereocenters. The van der Waals surface area contributed by atoms with E-state index in [0.29, 0.717) is 11.8 Å². The van der Waals surface area contributed by atoms with Crippen LogP contribution in [0.5, 0.6) is 0 Å². The molecule has 0 fully saturated rings. The lowest BCUT2D eigenvalue weighted by Gasteiger charge is -2.08. The molecule has 2 heteroatoms. The topological polar surface area (TPSA) is 35.2 Å². The normalized spacial score (nSPS) is 15.3. The minimum atomic E-state index is 0.419. The van der Waals surface area contributed by atoms with E-state index in [2.05, 4.69) is 20.4 Å². The van der Waals surface area contributed by atoms with Gasteiger partial charge in [-0.05, 0) is 24.0 Å². The zero-order chi connectivity index (χ0) is 10.3. The van der Waals surface area contributed by atoms with E-state index in [1.165, 1.54) is 5.57 Å². The summed E-state index contributed by atoms with van der Waals surface area (Å²) in [5, 5.41) is 0. The molecule has 2 N–H and O–H groups in total. The van der Waals surface area contributed by atoms with Crippen LogP contribution in [0.4, 0.5) is 0 Å². The molecule has 0 saturated heterocycles. The Hall–Kier alpha value is -1.18. The van der Waals surface area contributed by atoms with E-state index in [9.17, 15) is 0 Å². The van der Waals surface area contributed by atoms with Gasteiger partial charge in [-0.25, -0.2) is 0 Å². The molecule has 0 unspecified atom stereocenters. The zero-order valence-electron chi connectivity index (χ0n) is 8.71. The Morgan fingerprint density at radius 2 is 2.15 bits per heavy atom. The van der Waals surface area contributed by atoms with E-state index in [0.717, 1.165) is 6.42 Å². The van der Waals surface area contributed by atoms with E-state index in [4.69, 9.17) is 10.5 Å². The molecule has 0 rings (SSSR count). The summed E-state index contributed by atoms with van der Waals surface area (Å²) >= 11 is 0. The van der Waals surface area contributed by atoms with Gasteiger partial charge in [0, 0.05) is 0 Å². The van der Waals surface area contributed by atoms with Crippen molar-refractivity contribution in [3.8, 4) is 0 Å². The molecule has 0 amide bonds. The Balaban J connectivity index is 4.48. The maximum Gasteiger partial charge on any atom is 0.183 e. The van der Waals surface area contributed by atoms with Crippen LogP contribution in [-0.2, 0) is 4.74 Å². The van der Waals surface area contributed by atoms with Gasteiger partial charge < -0.3 is 10.5 Å². The lowest BCUT2D eigenvalue weighted by molar-refractivity contribution is 0.287. The van der Waals surface area contributed by atoms with Gasteiger partial charge in [-0.3, -0.25) is 0 Å². The van der Waals surface area contributed by atoms with Crippen LogP contribution in [-0.4, -0.2) is 7.11 Å². The second-order valence-electron chi connectivity index (χ2n) is 2.95. The molecule has 0 aromatic rings. The molecule has 0 heterocycles. The summed E-state index contributed by atoms with van der Waals surface area (Å²) in [5.41, 5.74) is 6.66. The largest absolute Gasteiger partial charge is 0.483 e. The number of rotatable bonds is 5. The highest BCUT2D eigenvalue weighted by atomic mass is 16.5. The van der Waals surface area contributed by atoms with Gasteiger partial charge in [-0.1, -0.05) is 32.6 Å². The highest BCUT2D eigenvalue weighted by molar-refractivity contribution is 5.24. The van der Waals surface area contributed by atoms with Crippen LogP contribution in [0.25, 0.3) is 0 Å². The van der Waals surface area contributed by atoms with Crippen LogP contribution in [0.2, 0.25) is 0 Å². The summed E-state index contributed by atoms with van der Waals surface area (Å²) in [4.78, 5) is 0. The van der Waals surface area contributed by atoms with Gasteiger partial charge in [0.2, 0.25) is 0 Å². The maximum absolute atomic E-state index is 5.48. The number of nitrogens with two attached hydrogens (primary N) is 1. The molecule has 74 valence electrons. The van der Waals surface area contributed by atoms with Crippen molar-refractivity contribution in [3.63, 3.8) is 0 Å². The highest BCUT2D eigenvalue weighted by Crippen LogP contribution is 2.15. The first-order valence-corrected chi connectivity index (χ1v) is 4.49. The molecule has 0 aromatic heterocycles. The Morgan fingerprint density at radius 1 is 1.54 bits per heavy atom. The molecular weight excluding hydrogens is 162 g/mol. The molecule has 0 aliphatic heterocycles. The van der Waals surface area contributed by atoms with Crippen LogP contribution >= 0.6 is 0 Å². The molecule has 0 aliphatic carbocycles. The summed E-state index contributed by atoms with van der Waals surface area (Å²) in [5.74, 6) is 0.932. The van der Waals surface area contributed by atoms with Crippen LogP contribution in [0, 0.1) is 5.92 Å². The van der Waals surface area contributed by atoms with Crippen molar-refractivity contribution in [1.82, 2.24) is 0 Å². The van der Waals surface area contributed by atoms with Crippen molar-refractivity contribution < 1.29 is 4.74 Å². The molecule has 0 aromatic carbocycles. The van der Waals surface area contributed by atoms with Crippen LogP contribution in [0.1, 0.15) is 20.3 Å². The van der Waals surface area contributed by atoms with Crippen molar-refractivity contribution in [2.45, 2.75) is 20.3 Å². The molecule has 2 nitrogen and oxygen atoms in total. The minimum Gasteiger partial charge on any atom is -0.483 e. The third kappa shape index (κ3) is 4.41. The fraction of sp³-hybridized carbons (Fsp3) is 0.455. The van der Waals surface area contributed by atoms with E-state index >= 15 is 0 Å². The van der Waals surface area contributed by atoms with Crippen molar-refractivity contribution >= 4 is 0 Å². The van der Waals surface area contributed by atoms with Gasteiger partial charge in [-0.2, -0.15) is 0 Å². The number of ether oxygens (including phenoxy) is 1. The highest BCUT2D eigenvalue weighted by Gasteiger charge is 2.00. The predicted octanol–water partition coefficient (Wildman–Crippen LogP) is 2.59. The zero-order valence-corrected chi connectivity index (χ0v) is 8.71. The average molecular weight is 181 g/mol. The summed E-state index contributed by atoms with van der Waals surface area (Å²) in [6.45, 7) is 8.06. The number of hydrogen-bond donors (Lipinski definition) is 1. The van der Waals surface area contributed by atoms with Gasteiger partial charge in [0.05, 0.1) is 7.11 Å². The van der Waals surface area contributed by atoms with Crippen molar-refractivity contribution in [2.24, 2.45) is 11.7 Å². The summed E-state index contributed by atoms with van der Waals surface area (Å²) in [6, 6.07) is 0. The molecule has 13 heavy (non-hydrogen) atoms. The summed E-state index contributed by atoms with van der Waals surface area (Å²) < 4.78 is 4.82. The Labute approximate surface area is 80.8 Å². The summed E-state index contributed by atoms with van der Waals surface area (Å²) in [7, 11) is 1.55. The van der Waals surface area contributed by atoms with Crippen LogP contribution in [0.3, 0.4) is 0 Å². The monoisotopic (exact) mass is 181 g/mol. The van der Waals surface area contributed by atoms with E-state index in [1.807, 2.05) is 12.2 Å². The average Bonchev–Trinajstić information content (AvgIpc) is 2.17. The maximum atomic E-state index is 5.48. The first-order chi connectivity index (χ1) is 6.15. The van der Waals surface area contributed by atoms with Crippen molar-refractivity contribution in [2.75, 3.05) is 7.11 Å². The predicted molar refractivity (Wildman–Crippen MR) is 57.0 cm³/mol. The molecule has 0 radical (unpaired) electrons. The number of hydrogen-bond acceptors (Lipinski definition) is 2. The van der Waals surface area contributed by atoms with Crippen LogP contribution < -0.4 is 5.73 Å². The molecule has 0 spiro atoms. The Bertz CT molecular complexity index is 216. The van der Waals surface area contributed by atoms with Crippen molar-refractivity contribution in [3.05, 3.63) is 36.3 Å². The summed E-state index contributed by atoms with van der Waals surface area (Å²) in [6.07, 6.45) is 6.65. The van der Waals surface area contributed by atoms with Crippen molar-refractivity contribution in [1.29, 1.82) is 0 Å². The first kappa shape index (κ1) is 11.8. The number of methoxy groups -OCH3 is 1. The van der Waals surface area contributed by atoms with Gasteiger partial charge in [0.15, 0.2) is 5.88 Å². The van der Waals surface area contributed by atoms with E-state index in [-0.39, 0.29) is 0 Å². The Kier molecular flexibility index (Phi) is 5.77. The smallest absolute Gasteiger partial charge is 0.183 e. The number of allylic oxidation sites excluding steroid dienone is 4. The second-order valence-corrected chi connectivity index (χ2v) is 2.95. The molecule has 0 bridgehead atoms.